The van der Waals surface area contributed by atoms with Crippen molar-refractivity contribution in [2.75, 3.05) is 0 Å². The van der Waals surface area contributed by atoms with Crippen molar-refractivity contribution in [2.24, 2.45) is 0 Å². The largest absolute Gasteiger partial charge is 0.262 e. The Kier molecular flexibility index (Phi) is 4.38. The molecule has 0 atom stereocenters. The van der Waals surface area contributed by atoms with Crippen LogP contribution in [0.5, 0.6) is 0 Å². The van der Waals surface area contributed by atoms with E-state index in [1.807, 2.05) is 6.07 Å². The highest BCUT2D eigenvalue weighted by atomic mass is 19.1. The Morgan fingerprint density at radius 3 is 2.12 bits per heavy atom. The summed E-state index contributed by atoms with van der Waals surface area (Å²) >= 11 is 0. The zero-order valence-electron chi connectivity index (χ0n) is 14.0. The minimum Gasteiger partial charge on any atom is -0.262 e. The second kappa shape index (κ2) is 6.98. The van der Waals surface area contributed by atoms with Gasteiger partial charge in [0.2, 0.25) is 0 Å². The summed E-state index contributed by atoms with van der Waals surface area (Å²) < 4.78 is 13.5. The molecule has 0 saturated carbocycles. The quantitative estimate of drug-likeness (QED) is 0.399. The first-order chi connectivity index (χ1) is 12.3. The van der Waals surface area contributed by atoms with Crippen LogP contribution in [-0.2, 0) is 12.8 Å². The van der Waals surface area contributed by atoms with E-state index in [1.165, 1.54) is 47.2 Å². The third-order valence-electron chi connectivity index (χ3n) is 4.79. The summed E-state index contributed by atoms with van der Waals surface area (Å²) in [7, 11) is 0. The lowest BCUT2D eigenvalue weighted by atomic mass is 9.86. The molecular weight excluding hydrogens is 311 g/mol. The van der Waals surface area contributed by atoms with Gasteiger partial charge in [-0.3, -0.25) is 9.97 Å². The van der Waals surface area contributed by atoms with Crippen molar-refractivity contribution in [2.45, 2.75) is 25.7 Å². The molecule has 0 radical (unpaired) electrons. The molecule has 4 aromatic rings. The smallest absolute Gasteiger partial charge is 0.123 e. The van der Waals surface area contributed by atoms with Crippen LogP contribution in [0.15, 0.2) is 67.3 Å². The van der Waals surface area contributed by atoms with Crippen molar-refractivity contribution in [3.63, 3.8) is 0 Å². The van der Waals surface area contributed by atoms with Gasteiger partial charge in [0, 0.05) is 24.8 Å². The van der Waals surface area contributed by atoms with E-state index >= 15 is 0 Å². The molecule has 0 bridgehead atoms. The van der Waals surface area contributed by atoms with Gasteiger partial charge in [-0.05, 0) is 70.5 Å². The van der Waals surface area contributed by atoms with Crippen LogP contribution < -0.4 is 0 Å². The summed E-state index contributed by atoms with van der Waals surface area (Å²) in [6, 6.07) is 13.8. The van der Waals surface area contributed by atoms with Gasteiger partial charge >= 0.3 is 0 Å². The van der Waals surface area contributed by atoms with Crippen LogP contribution in [0.25, 0.3) is 21.5 Å². The first-order valence-corrected chi connectivity index (χ1v) is 8.65. The minimum absolute atomic E-state index is 0.155. The lowest BCUT2D eigenvalue weighted by molar-refractivity contribution is 0.630. The number of benzene rings is 3. The summed E-state index contributed by atoms with van der Waals surface area (Å²) in [5.41, 5.74) is 2.96. The number of hydrogen-bond donors (Lipinski definition) is 0. The van der Waals surface area contributed by atoms with Crippen LogP contribution in [0.2, 0.25) is 0 Å². The molecule has 0 spiro atoms. The molecule has 5 rings (SSSR count). The van der Waals surface area contributed by atoms with Crippen molar-refractivity contribution in [3.05, 3.63) is 84.2 Å². The Balaban J connectivity index is 0.000000223. The molecule has 25 heavy (non-hydrogen) atoms. The number of aryl methyl sites for hydroxylation is 2. The Bertz CT molecular complexity index is 986. The topological polar surface area (TPSA) is 25.8 Å². The molecule has 3 heteroatoms. The number of aromatic nitrogens is 2. The zero-order chi connectivity index (χ0) is 17.1. The van der Waals surface area contributed by atoms with E-state index in [2.05, 4.69) is 34.2 Å². The van der Waals surface area contributed by atoms with Gasteiger partial charge in [0.15, 0.2) is 0 Å². The number of hydrogen-bond acceptors (Lipinski definition) is 2. The summed E-state index contributed by atoms with van der Waals surface area (Å²) in [6.45, 7) is 0. The molecule has 0 unspecified atom stereocenters. The number of rotatable bonds is 0. The first kappa shape index (κ1) is 15.7. The molecule has 0 fully saturated rings. The Morgan fingerprint density at radius 1 is 0.680 bits per heavy atom. The molecule has 0 aliphatic heterocycles. The normalized spacial score (nSPS) is 13.2. The highest BCUT2D eigenvalue weighted by Gasteiger charge is 2.13. The van der Waals surface area contributed by atoms with Gasteiger partial charge in [-0.2, -0.15) is 0 Å². The second-order valence-electron chi connectivity index (χ2n) is 6.33. The zero-order valence-corrected chi connectivity index (χ0v) is 14.0. The third-order valence-corrected chi connectivity index (χ3v) is 4.79. The van der Waals surface area contributed by atoms with E-state index in [9.17, 15) is 4.39 Å². The van der Waals surface area contributed by atoms with Crippen LogP contribution >= 0.6 is 0 Å². The maximum absolute atomic E-state index is 13.5. The van der Waals surface area contributed by atoms with E-state index in [4.69, 9.17) is 0 Å². The van der Waals surface area contributed by atoms with Gasteiger partial charge < -0.3 is 0 Å². The number of halogens is 1. The predicted molar refractivity (Wildman–Crippen MR) is 100 cm³/mol. The Morgan fingerprint density at radius 2 is 1.36 bits per heavy atom. The van der Waals surface area contributed by atoms with Gasteiger partial charge in [-0.25, -0.2) is 4.39 Å². The van der Waals surface area contributed by atoms with Crippen molar-refractivity contribution in [1.29, 1.82) is 0 Å². The monoisotopic (exact) mass is 330 g/mol. The van der Waals surface area contributed by atoms with Crippen LogP contribution in [0, 0.1) is 5.82 Å². The average Bonchev–Trinajstić information content (AvgIpc) is 2.69. The molecule has 3 aromatic carbocycles. The fraction of sp³-hybridized carbons (Fsp3) is 0.182. The molecule has 0 saturated heterocycles. The van der Waals surface area contributed by atoms with Crippen LogP contribution in [-0.4, -0.2) is 9.97 Å². The van der Waals surface area contributed by atoms with Gasteiger partial charge in [-0.1, -0.05) is 30.3 Å². The summed E-state index contributed by atoms with van der Waals surface area (Å²) in [5.74, 6) is -0.155. The summed E-state index contributed by atoms with van der Waals surface area (Å²) in [5, 5.41) is 4.66. The fourth-order valence-corrected chi connectivity index (χ4v) is 3.62. The average molecular weight is 330 g/mol. The van der Waals surface area contributed by atoms with E-state index in [0.29, 0.717) is 0 Å². The van der Waals surface area contributed by atoms with Crippen LogP contribution in [0.4, 0.5) is 4.39 Å². The number of nitrogens with zero attached hydrogens (tertiary/aromatic N) is 2. The Hall–Kier alpha value is -2.81. The molecule has 1 aromatic heterocycles. The van der Waals surface area contributed by atoms with Gasteiger partial charge in [0.25, 0.3) is 0 Å². The van der Waals surface area contributed by atoms with Crippen LogP contribution in [0.1, 0.15) is 24.0 Å². The molecule has 1 aliphatic carbocycles. The second-order valence-corrected chi connectivity index (χ2v) is 6.33. The van der Waals surface area contributed by atoms with Crippen molar-refractivity contribution < 1.29 is 4.39 Å². The maximum atomic E-state index is 13.5. The van der Waals surface area contributed by atoms with Crippen molar-refractivity contribution in [1.82, 2.24) is 9.97 Å². The lowest BCUT2D eigenvalue weighted by Crippen LogP contribution is -2.03. The Labute approximate surface area is 146 Å². The predicted octanol–water partition coefficient (Wildman–Crippen LogP) is 5.49. The van der Waals surface area contributed by atoms with E-state index in [0.717, 1.165) is 17.2 Å². The molecule has 2 nitrogen and oxygen atoms in total. The van der Waals surface area contributed by atoms with Crippen molar-refractivity contribution >= 4 is 21.5 Å². The van der Waals surface area contributed by atoms with Gasteiger partial charge in [0.05, 0.1) is 0 Å². The molecule has 0 N–H and O–H groups in total. The fourth-order valence-electron chi connectivity index (χ4n) is 3.62. The molecule has 1 aliphatic rings. The lowest BCUT2D eigenvalue weighted by Gasteiger charge is -2.18. The SMILES string of the molecule is Fc1ccc2ccc3c4c(ccc3c2c1)CCCC4.c1cnccn1. The standard InChI is InChI=1S/C18H15F.C4H4N2/c19-14-8-5-13-7-9-16-15-4-2-1-3-12(15)6-10-17(16)18(13)11-14;1-2-6-4-3-5-1/h5-11H,1-4H2;1-4H. The van der Waals surface area contributed by atoms with Gasteiger partial charge in [0.1, 0.15) is 5.82 Å². The minimum atomic E-state index is -0.155. The third kappa shape index (κ3) is 3.22. The molecule has 0 amide bonds. The molecular formula is C22H19FN2. The highest BCUT2D eigenvalue weighted by Crippen LogP contribution is 2.33. The molecule has 1 heterocycles. The summed E-state index contributed by atoms with van der Waals surface area (Å²) in [4.78, 5) is 7.44. The van der Waals surface area contributed by atoms with Gasteiger partial charge in [-0.15, -0.1) is 0 Å². The van der Waals surface area contributed by atoms with Crippen LogP contribution in [0.3, 0.4) is 0 Å². The first-order valence-electron chi connectivity index (χ1n) is 8.65. The molecule has 124 valence electrons. The van der Waals surface area contributed by atoms with E-state index in [1.54, 1.807) is 30.9 Å². The maximum Gasteiger partial charge on any atom is 0.123 e. The highest BCUT2D eigenvalue weighted by molar-refractivity contribution is 6.08. The van der Waals surface area contributed by atoms with E-state index in [-0.39, 0.29) is 5.82 Å². The van der Waals surface area contributed by atoms with Crippen molar-refractivity contribution in [3.8, 4) is 0 Å². The summed E-state index contributed by atoms with van der Waals surface area (Å²) in [6.07, 6.45) is 11.5. The number of fused-ring (bicyclic) bond motifs is 5. The van der Waals surface area contributed by atoms with E-state index < -0.39 is 0 Å².